The summed E-state index contributed by atoms with van der Waals surface area (Å²) in [5.41, 5.74) is 1.96. The number of nitriles is 1. The van der Waals surface area contributed by atoms with Crippen LogP contribution >= 0.6 is 0 Å². The molecule has 1 amide bonds. The maximum atomic E-state index is 13.6. The Morgan fingerprint density at radius 3 is 2.88 bits per heavy atom. The van der Waals surface area contributed by atoms with E-state index in [0.717, 1.165) is 16.3 Å². The molecule has 0 radical (unpaired) electrons. The number of fused-ring (bicyclic) bond motifs is 1. The Morgan fingerprint density at radius 2 is 2.09 bits per heavy atom. The van der Waals surface area contributed by atoms with Crippen LogP contribution in [0.3, 0.4) is 0 Å². The number of carbonyl (C=O) groups excluding carboxylic acids is 2. The number of amides is 1. The third-order valence-corrected chi connectivity index (χ3v) is 5.96. The van der Waals surface area contributed by atoms with Crippen molar-refractivity contribution in [3.63, 3.8) is 0 Å². The van der Waals surface area contributed by atoms with Gasteiger partial charge in [0.15, 0.2) is 5.78 Å². The Kier molecular flexibility index (Phi) is 6.59. The van der Waals surface area contributed by atoms with Crippen molar-refractivity contribution in [3.05, 3.63) is 59.9 Å². The number of anilines is 1. The molecule has 1 saturated heterocycles. The quantitative estimate of drug-likeness (QED) is 0.604. The number of ketones is 1. The van der Waals surface area contributed by atoms with Crippen molar-refractivity contribution in [2.45, 2.75) is 37.3 Å². The number of likely N-dealkylation sites (tertiary alicyclic amines) is 1. The van der Waals surface area contributed by atoms with Gasteiger partial charge in [-0.15, -0.1) is 0 Å². The van der Waals surface area contributed by atoms with Gasteiger partial charge in [-0.3, -0.25) is 14.6 Å². The van der Waals surface area contributed by atoms with E-state index in [-0.39, 0.29) is 24.7 Å². The zero-order valence-electron chi connectivity index (χ0n) is 18.7. The summed E-state index contributed by atoms with van der Waals surface area (Å²) in [6.45, 7) is -0.160. The number of rotatable bonds is 6. The summed E-state index contributed by atoms with van der Waals surface area (Å²) < 4.78 is 33.3. The molecule has 9 heteroatoms. The second-order valence-corrected chi connectivity index (χ2v) is 8.48. The number of pyridine rings is 1. The Labute approximate surface area is 196 Å². The van der Waals surface area contributed by atoms with Gasteiger partial charge in [0.2, 0.25) is 5.91 Å². The number of aromatic nitrogens is 1. The number of para-hydroxylation sites is 2. The van der Waals surface area contributed by atoms with Gasteiger partial charge in [-0.05, 0) is 24.3 Å². The Hall–Kier alpha value is -3.80. The number of carbonyl (C=O) groups is 2. The topological polar surface area (TPSA) is 86.5 Å². The largest absolute Gasteiger partial charge is 0.482 e. The van der Waals surface area contributed by atoms with Crippen LogP contribution in [-0.2, 0) is 4.79 Å². The van der Waals surface area contributed by atoms with E-state index in [0.29, 0.717) is 17.7 Å². The number of ether oxygens (including phenoxy) is 1. The Bertz CT molecular complexity index is 1160. The molecular formula is C25H24F2N4O3. The van der Waals surface area contributed by atoms with E-state index < -0.39 is 30.8 Å². The van der Waals surface area contributed by atoms with Crippen molar-refractivity contribution in [3.8, 4) is 11.8 Å². The van der Waals surface area contributed by atoms with Gasteiger partial charge in [-0.1, -0.05) is 18.2 Å². The summed E-state index contributed by atoms with van der Waals surface area (Å²) in [6, 6.07) is 9.87. The summed E-state index contributed by atoms with van der Waals surface area (Å²) in [7, 11) is 1.98. The van der Waals surface area contributed by atoms with Gasteiger partial charge in [-0.2, -0.15) is 5.26 Å². The molecule has 0 N–H and O–H groups in total. The minimum Gasteiger partial charge on any atom is -0.482 e. The highest BCUT2D eigenvalue weighted by Gasteiger charge is 2.47. The fourth-order valence-corrected chi connectivity index (χ4v) is 4.24. The third kappa shape index (κ3) is 5.06. The first-order chi connectivity index (χ1) is 16.3. The number of benzene rings is 1. The minimum atomic E-state index is -3.08. The maximum absolute atomic E-state index is 13.6. The van der Waals surface area contributed by atoms with Gasteiger partial charge in [-0.25, -0.2) is 8.78 Å². The number of hydrogen-bond acceptors (Lipinski definition) is 6. The molecule has 3 heterocycles. The first-order valence-corrected chi connectivity index (χ1v) is 11.0. The first kappa shape index (κ1) is 23.4. The lowest BCUT2D eigenvalue weighted by Gasteiger charge is -2.32. The van der Waals surface area contributed by atoms with Gasteiger partial charge in [0.1, 0.15) is 17.9 Å². The van der Waals surface area contributed by atoms with Crippen LogP contribution in [0.1, 0.15) is 35.2 Å². The highest BCUT2D eigenvalue weighted by atomic mass is 19.3. The van der Waals surface area contributed by atoms with Crippen LogP contribution in [0.2, 0.25) is 0 Å². The lowest BCUT2D eigenvalue weighted by molar-refractivity contribution is -0.132. The molecule has 34 heavy (non-hydrogen) atoms. The molecule has 176 valence electrons. The highest BCUT2D eigenvalue weighted by molar-refractivity contribution is 6.00. The van der Waals surface area contributed by atoms with Crippen LogP contribution in [-0.4, -0.2) is 59.8 Å². The van der Waals surface area contributed by atoms with Gasteiger partial charge < -0.3 is 14.5 Å². The predicted molar refractivity (Wildman–Crippen MR) is 122 cm³/mol. The van der Waals surface area contributed by atoms with Crippen LogP contribution in [0.4, 0.5) is 14.5 Å². The summed E-state index contributed by atoms with van der Waals surface area (Å²) in [5.74, 6) is -3.24. The SMILES string of the molecule is CN1CC(/C=C/c2cnccc2C(=O)CCC(=O)N2CC(F)(F)C[C@H]2C#N)Oc2ccccc21. The molecule has 2 aliphatic rings. The lowest BCUT2D eigenvalue weighted by Crippen LogP contribution is -2.36. The second-order valence-electron chi connectivity index (χ2n) is 8.48. The summed E-state index contributed by atoms with van der Waals surface area (Å²) >= 11 is 0. The van der Waals surface area contributed by atoms with Crippen LogP contribution in [0, 0.1) is 11.3 Å². The van der Waals surface area contributed by atoms with E-state index >= 15 is 0 Å². The van der Waals surface area contributed by atoms with Crippen LogP contribution in [0.15, 0.2) is 48.8 Å². The summed E-state index contributed by atoms with van der Waals surface area (Å²) in [5, 5.41) is 9.07. The smallest absolute Gasteiger partial charge is 0.268 e. The van der Waals surface area contributed by atoms with Crippen LogP contribution in [0.25, 0.3) is 6.08 Å². The van der Waals surface area contributed by atoms with Gasteiger partial charge in [0.25, 0.3) is 5.92 Å². The van der Waals surface area contributed by atoms with E-state index in [4.69, 9.17) is 10.00 Å². The molecule has 7 nitrogen and oxygen atoms in total. The third-order valence-electron chi connectivity index (χ3n) is 5.96. The minimum absolute atomic E-state index is 0.153. The maximum Gasteiger partial charge on any atom is 0.268 e. The standard InChI is InChI=1S/C25H24F2N4O3/c1-30-15-19(34-23-5-3-2-4-21(23)30)7-6-17-14-29-11-10-20(17)22(32)8-9-24(33)31-16-25(26,27)12-18(31)13-28/h2-7,10-11,14,18-19H,8-9,12,15-16H2,1H3/b7-6+/t18-,19?/m0/s1. The second kappa shape index (κ2) is 9.59. The van der Waals surface area contributed by atoms with E-state index in [2.05, 4.69) is 9.88 Å². The van der Waals surface area contributed by atoms with Crippen molar-refractivity contribution in [2.24, 2.45) is 0 Å². The molecule has 0 spiro atoms. The van der Waals surface area contributed by atoms with Crippen LogP contribution < -0.4 is 9.64 Å². The Balaban J connectivity index is 1.41. The molecule has 2 aromatic rings. The molecule has 2 atom stereocenters. The molecule has 1 aromatic carbocycles. The lowest BCUT2D eigenvalue weighted by atomic mass is 10.0. The fourth-order valence-electron chi connectivity index (χ4n) is 4.24. The summed E-state index contributed by atoms with van der Waals surface area (Å²) in [6.07, 6.45) is 5.36. The average molecular weight is 466 g/mol. The van der Waals surface area contributed by atoms with Gasteiger partial charge >= 0.3 is 0 Å². The number of nitrogens with zero attached hydrogens (tertiary/aromatic N) is 4. The zero-order chi connectivity index (χ0) is 24.3. The van der Waals surface area contributed by atoms with Crippen molar-refractivity contribution >= 4 is 23.5 Å². The number of hydrogen-bond donors (Lipinski definition) is 0. The van der Waals surface area contributed by atoms with Gasteiger partial charge in [0.05, 0.1) is 24.8 Å². The average Bonchev–Trinajstić information content (AvgIpc) is 3.16. The van der Waals surface area contributed by atoms with Crippen molar-refractivity contribution in [2.75, 3.05) is 25.0 Å². The van der Waals surface area contributed by atoms with Gasteiger partial charge in [0, 0.05) is 49.8 Å². The van der Waals surface area contributed by atoms with E-state index in [1.54, 1.807) is 24.4 Å². The molecule has 2 aliphatic heterocycles. The highest BCUT2D eigenvalue weighted by Crippen LogP contribution is 2.33. The molecule has 0 bridgehead atoms. The van der Waals surface area contributed by atoms with E-state index in [9.17, 15) is 18.4 Å². The van der Waals surface area contributed by atoms with E-state index in [1.165, 1.54) is 6.20 Å². The first-order valence-electron chi connectivity index (χ1n) is 11.0. The Morgan fingerprint density at radius 1 is 1.29 bits per heavy atom. The van der Waals surface area contributed by atoms with Crippen molar-refractivity contribution < 1.29 is 23.1 Å². The van der Waals surface area contributed by atoms with Crippen molar-refractivity contribution in [1.82, 2.24) is 9.88 Å². The number of halogens is 2. The normalized spacial score (nSPS) is 21.1. The molecule has 0 saturated carbocycles. The zero-order valence-corrected chi connectivity index (χ0v) is 18.7. The number of Topliss-reactive ketones (excluding diaryl/α,β-unsaturated/α-hetero) is 1. The molecule has 4 rings (SSSR count). The molecule has 1 fully saturated rings. The number of likely N-dealkylation sites (N-methyl/N-ethyl adjacent to an activating group) is 1. The molecule has 1 unspecified atom stereocenters. The predicted octanol–water partition coefficient (Wildman–Crippen LogP) is 3.71. The summed E-state index contributed by atoms with van der Waals surface area (Å²) in [4.78, 5) is 32.3. The molecule has 0 aliphatic carbocycles. The molecule has 1 aromatic heterocycles. The monoisotopic (exact) mass is 466 g/mol. The molecular weight excluding hydrogens is 442 g/mol. The van der Waals surface area contributed by atoms with E-state index in [1.807, 2.05) is 37.4 Å². The van der Waals surface area contributed by atoms with Crippen molar-refractivity contribution in [1.29, 1.82) is 5.26 Å². The van der Waals surface area contributed by atoms with Crippen LogP contribution in [0.5, 0.6) is 5.75 Å². The fraction of sp³-hybridized carbons (Fsp3) is 0.360. The number of alkyl halides is 2.